The summed E-state index contributed by atoms with van der Waals surface area (Å²) in [6.45, 7) is 6.86. The van der Waals surface area contributed by atoms with Gasteiger partial charge in [-0.1, -0.05) is 0 Å². The Morgan fingerprint density at radius 3 is 2.48 bits per heavy atom. The van der Waals surface area contributed by atoms with Crippen LogP contribution in [0.2, 0.25) is 0 Å². The molecule has 113 valence electrons. The average Bonchev–Trinajstić information content (AvgIpc) is 3.11. The summed E-state index contributed by atoms with van der Waals surface area (Å²) in [6, 6.07) is 13.7. The molecule has 23 heavy (non-hydrogen) atoms. The van der Waals surface area contributed by atoms with Gasteiger partial charge in [-0.2, -0.15) is 0 Å². The third kappa shape index (κ3) is 2.70. The molecule has 0 heterocycles. The zero-order valence-electron chi connectivity index (χ0n) is 14.0. The second-order valence-corrected chi connectivity index (χ2v) is 11.1. The van der Waals surface area contributed by atoms with Crippen LogP contribution in [0.1, 0.15) is 43.9 Å². The molecule has 0 unspecified atom stereocenters. The topological polar surface area (TPSA) is 0 Å². The summed E-state index contributed by atoms with van der Waals surface area (Å²) in [4.78, 5) is 0. The van der Waals surface area contributed by atoms with E-state index in [4.69, 9.17) is 0 Å². The van der Waals surface area contributed by atoms with Crippen LogP contribution in [0.15, 0.2) is 54.1 Å². The first kappa shape index (κ1) is 15.2. The van der Waals surface area contributed by atoms with Crippen molar-refractivity contribution < 1.29 is 22.8 Å². The molecule has 0 fully saturated rings. The van der Waals surface area contributed by atoms with Gasteiger partial charge in [0.15, 0.2) is 0 Å². The van der Waals surface area contributed by atoms with Crippen LogP contribution in [-0.4, -0.2) is 3.21 Å². The Labute approximate surface area is 150 Å². The minimum absolute atomic E-state index is 0.659. The molecule has 4 rings (SSSR count). The van der Waals surface area contributed by atoms with Crippen LogP contribution >= 0.6 is 0 Å². The number of hydrogen-bond acceptors (Lipinski definition) is 0. The van der Waals surface area contributed by atoms with E-state index in [1.54, 1.807) is 12.0 Å². The normalized spacial score (nSPS) is 14.7. The summed E-state index contributed by atoms with van der Waals surface area (Å²) in [5.74, 6) is 0. The van der Waals surface area contributed by atoms with E-state index < -0.39 is 22.8 Å². The Morgan fingerprint density at radius 2 is 1.74 bits per heavy atom. The van der Waals surface area contributed by atoms with E-state index in [1.165, 1.54) is 33.4 Å². The fraction of sp³-hybridized carbons (Fsp3) is 0.227. The van der Waals surface area contributed by atoms with Crippen molar-refractivity contribution in [3.63, 3.8) is 0 Å². The molecule has 1 heteroatoms. The fourth-order valence-electron chi connectivity index (χ4n) is 3.72. The standard InChI is InChI=1S/C19H15.C3H6.Zr/c1-13-6-7-14(10-13)15-8-9-19-17(11-15)12-16-4-2-3-5-18(16)19;1-3-2;/h2-6,8-10H,7,12H2,1H3;1-2H3;. The first-order valence-corrected chi connectivity index (χ1v) is 10.8. The average molecular weight is 377 g/mol. The molecule has 0 saturated heterocycles. The number of allylic oxidation sites excluding steroid dienone is 4. The van der Waals surface area contributed by atoms with Crippen molar-refractivity contribution in [3.8, 4) is 11.1 Å². The van der Waals surface area contributed by atoms with Crippen molar-refractivity contribution in [2.45, 2.75) is 33.6 Å². The van der Waals surface area contributed by atoms with E-state index in [1.807, 2.05) is 0 Å². The van der Waals surface area contributed by atoms with E-state index in [-0.39, 0.29) is 0 Å². The Kier molecular flexibility index (Phi) is 3.94. The number of hydrogen-bond donors (Lipinski definition) is 0. The second-order valence-electron chi connectivity index (χ2n) is 6.80. The van der Waals surface area contributed by atoms with Crippen LogP contribution < -0.4 is 3.27 Å². The summed E-state index contributed by atoms with van der Waals surface area (Å²) < 4.78 is 3.37. The maximum absolute atomic E-state index is 2.40. The molecule has 0 amide bonds. The molecular weight excluding hydrogens is 355 g/mol. The van der Waals surface area contributed by atoms with E-state index in [0.29, 0.717) is 0 Å². The third-order valence-electron chi connectivity index (χ3n) is 4.75. The molecule has 0 aliphatic heterocycles. The predicted octanol–water partition coefficient (Wildman–Crippen LogP) is 4.91. The maximum atomic E-state index is 2.40. The predicted molar refractivity (Wildman–Crippen MR) is 97.0 cm³/mol. The van der Waals surface area contributed by atoms with Crippen molar-refractivity contribution in [2.75, 3.05) is 0 Å². The first-order chi connectivity index (χ1) is 11.1. The van der Waals surface area contributed by atoms with Gasteiger partial charge >= 0.3 is 150 Å². The molecule has 2 aliphatic carbocycles. The molecule has 0 radical (unpaired) electrons. The van der Waals surface area contributed by atoms with Gasteiger partial charge in [-0.15, -0.1) is 0 Å². The molecule has 0 spiro atoms. The monoisotopic (exact) mass is 375 g/mol. The van der Waals surface area contributed by atoms with E-state index >= 15 is 0 Å². The minimum atomic E-state index is -0.659. The molecule has 0 atom stereocenters. The summed E-state index contributed by atoms with van der Waals surface area (Å²) in [7, 11) is 0. The van der Waals surface area contributed by atoms with E-state index in [9.17, 15) is 0 Å². The van der Waals surface area contributed by atoms with Crippen molar-refractivity contribution in [2.24, 2.45) is 0 Å². The zero-order chi connectivity index (χ0) is 16.0. The van der Waals surface area contributed by atoms with Crippen LogP contribution in [0, 0.1) is 0 Å². The molecule has 0 bridgehead atoms. The Morgan fingerprint density at radius 1 is 0.957 bits per heavy atom. The molecule has 2 aliphatic rings. The molecule has 0 N–H and O–H groups in total. The van der Waals surface area contributed by atoms with Crippen molar-refractivity contribution in [1.29, 1.82) is 0 Å². The number of rotatable bonds is 2. The van der Waals surface area contributed by atoms with Crippen molar-refractivity contribution in [3.05, 3.63) is 70.8 Å². The van der Waals surface area contributed by atoms with Crippen molar-refractivity contribution >= 4 is 12.1 Å². The summed E-state index contributed by atoms with van der Waals surface area (Å²) in [5.41, 5.74) is 10.6. The third-order valence-corrected chi connectivity index (χ3v) is 8.00. The number of fused-ring (bicyclic) bond motifs is 3. The summed E-state index contributed by atoms with van der Waals surface area (Å²) >= 11 is -0.659. The van der Waals surface area contributed by atoms with Crippen LogP contribution in [0.5, 0.6) is 0 Å². The quantitative estimate of drug-likeness (QED) is 0.596. The Bertz CT molecular complexity index is 890. The molecular formula is C22H21Zr. The van der Waals surface area contributed by atoms with Gasteiger partial charge in [0.1, 0.15) is 0 Å². The van der Waals surface area contributed by atoms with Gasteiger partial charge in [-0.25, -0.2) is 0 Å². The summed E-state index contributed by atoms with van der Waals surface area (Å²) in [5, 5.41) is 0. The van der Waals surface area contributed by atoms with Gasteiger partial charge in [-0.05, 0) is 0 Å². The van der Waals surface area contributed by atoms with Gasteiger partial charge in [0.05, 0.1) is 0 Å². The van der Waals surface area contributed by atoms with Gasteiger partial charge in [0.25, 0.3) is 0 Å². The molecule has 0 nitrogen and oxygen atoms in total. The van der Waals surface area contributed by atoms with Gasteiger partial charge in [-0.3, -0.25) is 0 Å². The number of benzene rings is 2. The second kappa shape index (κ2) is 5.95. The van der Waals surface area contributed by atoms with E-state index in [0.717, 1.165) is 12.8 Å². The molecule has 0 aromatic heterocycles. The fourth-order valence-corrected chi connectivity index (χ4v) is 6.80. The molecule has 2 aromatic carbocycles. The van der Waals surface area contributed by atoms with Gasteiger partial charge in [0, 0.05) is 0 Å². The van der Waals surface area contributed by atoms with Crippen LogP contribution in [0.3, 0.4) is 0 Å². The SMILES string of the molecule is CC1=CCC(c2ccc3c([c]2[Zr]=[C](C)C)Cc2ccccc2-3)=C1. The van der Waals surface area contributed by atoms with Crippen LogP contribution in [0.4, 0.5) is 0 Å². The first-order valence-electron chi connectivity index (χ1n) is 8.32. The van der Waals surface area contributed by atoms with Crippen LogP contribution in [0.25, 0.3) is 16.7 Å². The van der Waals surface area contributed by atoms with Gasteiger partial charge < -0.3 is 0 Å². The molecule has 0 saturated carbocycles. The Balaban J connectivity index is 1.93. The van der Waals surface area contributed by atoms with Crippen molar-refractivity contribution in [1.82, 2.24) is 0 Å². The Hall–Kier alpha value is -1.33. The van der Waals surface area contributed by atoms with Crippen LogP contribution in [-0.2, 0) is 29.2 Å². The molecule has 2 aromatic rings. The summed E-state index contributed by atoms with van der Waals surface area (Å²) in [6.07, 6.45) is 6.97. The zero-order valence-corrected chi connectivity index (χ0v) is 16.5. The van der Waals surface area contributed by atoms with E-state index in [2.05, 4.69) is 69.3 Å². The van der Waals surface area contributed by atoms with Gasteiger partial charge in [0.2, 0.25) is 0 Å².